The standard InChI is InChI=1S/C7H7ClO4S/c8-13(10,11)7-3-1-6(2-4-7)5-12-9/h1-4,9H,5H2. The summed E-state index contributed by atoms with van der Waals surface area (Å²) >= 11 is 0. The Morgan fingerprint density at radius 2 is 1.85 bits per heavy atom. The lowest BCUT2D eigenvalue weighted by Gasteiger charge is -1.98. The highest BCUT2D eigenvalue weighted by Gasteiger charge is 2.08. The fourth-order valence-electron chi connectivity index (χ4n) is 0.823. The topological polar surface area (TPSA) is 63.6 Å². The van der Waals surface area contributed by atoms with E-state index in [1.807, 2.05) is 0 Å². The molecule has 72 valence electrons. The molecule has 1 N–H and O–H groups in total. The Bertz CT molecular complexity index is 370. The highest BCUT2D eigenvalue weighted by atomic mass is 35.7. The summed E-state index contributed by atoms with van der Waals surface area (Å²) in [5.74, 6) is 0. The number of hydrogen-bond donors (Lipinski definition) is 1. The minimum absolute atomic E-state index is 0.0165. The third-order valence-electron chi connectivity index (χ3n) is 1.44. The van der Waals surface area contributed by atoms with Crippen LogP contribution in [0.1, 0.15) is 5.56 Å². The lowest BCUT2D eigenvalue weighted by molar-refractivity contribution is -0.253. The smallest absolute Gasteiger partial charge is 0.251 e. The number of halogens is 1. The maximum Gasteiger partial charge on any atom is 0.261 e. The van der Waals surface area contributed by atoms with Crippen molar-refractivity contribution in [1.29, 1.82) is 0 Å². The molecule has 0 atom stereocenters. The molecule has 0 saturated heterocycles. The maximum absolute atomic E-state index is 10.8. The van der Waals surface area contributed by atoms with E-state index in [2.05, 4.69) is 4.89 Å². The number of benzene rings is 1. The first-order valence-corrected chi connectivity index (χ1v) is 5.65. The summed E-state index contributed by atoms with van der Waals surface area (Å²) in [7, 11) is 1.41. The van der Waals surface area contributed by atoms with E-state index in [-0.39, 0.29) is 11.5 Å². The highest BCUT2D eigenvalue weighted by molar-refractivity contribution is 8.13. The first kappa shape index (κ1) is 10.5. The summed E-state index contributed by atoms with van der Waals surface area (Å²) < 4.78 is 21.6. The molecular formula is C7H7ClO4S. The zero-order valence-electron chi connectivity index (χ0n) is 6.47. The van der Waals surface area contributed by atoms with E-state index < -0.39 is 9.05 Å². The number of hydrogen-bond acceptors (Lipinski definition) is 4. The van der Waals surface area contributed by atoms with E-state index >= 15 is 0 Å². The van der Waals surface area contributed by atoms with Gasteiger partial charge in [-0.2, -0.15) is 0 Å². The van der Waals surface area contributed by atoms with Gasteiger partial charge in [0.05, 0.1) is 4.90 Å². The van der Waals surface area contributed by atoms with Crippen LogP contribution in [0.15, 0.2) is 29.2 Å². The largest absolute Gasteiger partial charge is 0.261 e. The first-order chi connectivity index (χ1) is 6.04. The predicted molar refractivity (Wildman–Crippen MR) is 46.9 cm³/mol. The molecule has 0 unspecified atom stereocenters. The van der Waals surface area contributed by atoms with Gasteiger partial charge in [-0.3, -0.25) is 5.26 Å². The van der Waals surface area contributed by atoms with E-state index in [0.717, 1.165) is 0 Å². The van der Waals surface area contributed by atoms with Gasteiger partial charge in [-0.05, 0) is 17.7 Å². The van der Waals surface area contributed by atoms with Crippen LogP contribution in [-0.2, 0) is 20.5 Å². The van der Waals surface area contributed by atoms with Crippen LogP contribution in [0.3, 0.4) is 0 Å². The molecule has 13 heavy (non-hydrogen) atoms. The third kappa shape index (κ3) is 2.96. The average molecular weight is 223 g/mol. The minimum atomic E-state index is -3.67. The van der Waals surface area contributed by atoms with Crippen LogP contribution < -0.4 is 0 Å². The Labute approximate surface area is 80.1 Å². The van der Waals surface area contributed by atoms with Crippen molar-refractivity contribution in [3.8, 4) is 0 Å². The molecular weight excluding hydrogens is 216 g/mol. The van der Waals surface area contributed by atoms with Crippen molar-refractivity contribution in [3.63, 3.8) is 0 Å². The lowest BCUT2D eigenvalue weighted by Crippen LogP contribution is -1.92. The first-order valence-electron chi connectivity index (χ1n) is 3.34. The molecule has 1 aromatic rings. The Morgan fingerprint density at radius 3 is 2.23 bits per heavy atom. The Balaban J connectivity index is 2.94. The monoisotopic (exact) mass is 222 g/mol. The van der Waals surface area contributed by atoms with Crippen molar-refractivity contribution in [3.05, 3.63) is 29.8 Å². The zero-order valence-corrected chi connectivity index (χ0v) is 8.05. The van der Waals surface area contributed by atoms with E-state index in [4.69, 9.17) is 15.9 Å². The maximum atomic E-state index is 10.8. The molecule has 0 radical (unpaired) electrons. The Kier molecular flexibility index (Phi) is 3.27. The molecule has 0 saturated carbocycles. The van der Waals surface area contributed by atoms with Gasteiger partial charge in [0.1, 0.15) is 6.61 Å². The van der Waals surface area contributed by atoms with Crippen molar-refractivity contribution >= 4 is 19.7 Å². The van der Waals surface area contributed by atoms with Crippen molar-refractivity contribution in [1.82, 2.24) is 0 Å². The second-order valence-electron chi connectivity index (χ2n) is 2.36. The van der Waals surface area contributed by atoms with Gasteiger partial charge >= 0.3 is 0 Å². The number of rotatable bonds is 3. The van der Waals surface area contributed by atoms with Gasteiger partial charge in [-0.15, -0.1) is 0 Å². The van der Waals surface area contributed by atoms with Crippen molar-refractivity contribution in [2.24, 2.45) is 0 Å². The molecule has 0 aliphatic carbocycles. The van der Waals surface area contributed by atoms with Gasteiger partial charge in [0.25, 0.3) is 9.05 Å². The second-order valence-corrected chi connectivity index (χ2v) is 4.92. The summed E-state index contributed by atoms with van der Waals surface area (Å²) in [5.41, 5.74) is 0.659. The van der Waals surface area contributed by atoms with Crippen LogP contribution in [-0.4, -0.2) is 13.7 Å². The normalized spacial score (nSPS) is 11.5. The SMILES string of the molecule is O=S(=O)(Cl)c1ccc(COO)cc1. The molecule has 0 aliphatic rings. The quantitative estimate of drug-likeness (QED) is 0.479. The molecule has 0 amide bonds. The van der Waals surface area contributed by atoms with Crippen LogP contribution >= 0.6 is 10.7 Å². The van der Waals surface area contributed by atoms with E-state index in [1.165, 1.54) is 24.3 Å². The summed E-state index contributed by atoms with van der Waals surface area (Å²) in [6.07, 6.45) is 0. The van der Waals surface area contributed by atoms with Crippen molar-refractivity contribution in [2.75, 3.05) is 0 Å². The second kappa shape index (κ2) is 4.06. The zero-order chi connectivity index (χ0) is 9.90. The van der Waals surface area contributed by atoms with Gasteiger partial charge in [0.2, 0.25) is 0 Å². The summed E-state index contributed by atoms with van der Waals surface area (Å²) in [6, 6.07) is 5.70. The van der Waals surface area contributed by atoms with Crippen LogP contribution in [0.2, 0.25) is 0 Å². The highest BCUT2D eigenvalue weighted by Crippen LogP contribution is 2.15. The van der Waals surface area contributed by atoms with E-state index in [9.17, 15) is 8.42 Å². The minimum Gasteiger partial charge on any atom is -0.251 e. The van der Waals surface area contributed by atoms with Crippen molar-refractivity contribution in [2.45, 2.75) is 11.5 Å². The van der Waals surface area contributed by atoms with Crippen LogP contribution in [0.4, 0.5) is 0 Å². The van der Waals surface area contributed by atoms with Gasteiger partial charge in [0, 0.05) is 10.7 Å². The molecule has 1 aromatic carbocycles. The third-order valence-corrected chi connectivity index (χ3v) is 2.81. The van der Waals surface area contributed by atoms with Gasteiger partial charge in [0.15, 0.2) is 0 Å². The van der Waals surface area contributed by atoms with Crippen LogP contribution in [0.25, 0.3) is 0 Å². The summed E-state index contributed by atoms with van der Waals surface area (Å²) in [6.45, 7) is 0.0165. The summed E-state index contributed by atoms with van der Waals surface area (Å²) in [5, 5.41) is 8.10. The molecule has 0 fully saturated rings. The average Bonchev–Trinajstić information content (AvgIpc) is 2.04. The van der Waals surface area contributed by atoms with Crippen LogP contribution in [0, 0.1) is 0 Å². The predicted octanol–water partition coefficient (Wildman–Crippen LogP) is 1.60. The molecule has 0 aromatic heterocycles. The van der Waals surface area contributed by atoms with E-state index in [1.54, 1.807) is 0 Å². The molecule has 6 heteroatoms. The fraction of sp³-hybridized carbons (Fsp3) is 0.143. The molecule has 1 rings (SSSR count). The Hall–Kier alpha value is -0.620. The lowest BCUT2D eigenvalue weighted by atomic mass is 10.2. The van der Waals surface area contributed by atoms with Gasteiger partial charge in [-0.25, -0.2) is 13.3 Å². The molecule has 0 aliphatic heterocycles. The molecule has 4 nitrogen and oxygen atoms in total. The van der Waals surface area contributed by atoms with Gasteiger partial charge in [-0.1, -0.05) is 12.1 Å². The van der Waals surface area contributed by atoms with Gasteiger partial charge < -0.3 is 0 Å². The molecule has 0 spiro atoms. The van der Waals surface area contributed by atoms with E-state index in [0.29, 0.717) is 5.56 Å². The van der Waals surface area contributed by atoms with Crippen molar-refractivity contribution < 1.29 is 18.6 Å². The summed E-state index contributed by atoms with van der Waals surface area (Å²) in [4.78, 5) is 3.89. The Morgan fingerprint density at radius 1 is 1.31 bits per heavy atom. The molecule has 0 heterocycles. The van der Waals surface area contributed by atoms with Crippen LogP contribution in [0.5, 0.6) is 0 Å². The molecule has 0 bridgehead atoms. The fourth-order valence-corrected chi connectivity index (χ4v) is 1.59.